The van der Waals surface area contributed by atoms with Crippen LogP contribution in [0.3, 0.4) is 0 Å². The lowest BCUT2D eigenvalue weighted by Crippen LogP contribution is -2.45. The number of aliphatic hydroxyl groups is 1. The van der Waals surface area contributed by atoms with Gasteiger partial charge in [0.1, 0.15) is 13.2 Å². The van der Waals surface area contributed by atoms with Gasteiger partial charge in [-0.2, -0.15) is 0 Å². The average Bonchev–Trinajstić information content (AvgIpc) is 3.29. The van der Waals surface area contributed by atoms with Crippen LogP contribution >= 0.6 is 7.82 Å². The minimum absolute atomic E-state index is 0.0564. The highest BCUT2D eigenvalue weighted by Crippen LogP contribution is 2.43. The first-order chi connectivity index (χ1) is 32.5. The number of nitrogens with one attached hydrogen (secondary N) is 1. The van der Waals surface area contributed by atoms with Crippen molar-refractivity contribution in [2.45, 2.75) is 276 Å². The Morgan fingerprint density at radius 2 is 0.866 bits per heavy atom. The normalized spacial score (nSPS) is 14.3. The van der Waals surface area contributed by atoms with Crippen LogP contribution in [0.5, 0.6) is 0 Å². The predicted octanol–water partition coefficient (Wildman–Crippen LogP) is 17.2. The molecule has 8 nitrogen and oxygen atoms in total. The van der Waals surface area contributed by atoms with Crippen molar-refractivity contribution < 1.29 is 32.9 Å². The molecule has 3 unspecified atom stereocenters. The molecular formula is C58H112N2O6P+. The van der Waals surface area contributed by atoms with E-state index in [-0.39, 0.29) is 19.1 Å². The van der Waals surface area contributed by atoms with Gasteiger partial charge in [-0.3, -0.25) is 13.8 Å². The molecule has 0 spiro atoms. The molecule has 0 saturated heterocycles. The predicted molar refractivity (Wildman–Crippen MR) is 291 cm³/mol. The third-order valence-corrected chi connectivity index (χ3v) is 13.8. The van der Waals surface area contributed by atoms with Gasteiger partial charge in [-0.05, 0) is 64.2 Å². The molecule has 3 N–H and O–H groups in total. The highest BCUT2D eigenvalue weighted by molar-refractivity contribution is 7.47. The molecule has 1 amide bonds. The van der Waals surface area contributed by atoms with Gasteiger partial charge in [-0.1, -0.05) is 242 Å². The number of hydrogen-bond donors (Lipinski definition) is 3. The standard InChI is InChI=1S/C58H111N2O6P/c1-6-8-10-12-14-16-18-20-22-24-25-26-27-28-29-30-31-32-33-34-35-36-38-40-42-44-46-48-50-52-58(62)59-56(55-66-67(63,64)65-54-53-60(3,4)5)57(61)51-49-47-45-43-41-39-37-23-21-19-17-15-13-11-9-7-2/h18,20,24-25,41,43,49,51,56-57,61H,6-17,19,21-23,26-40,42,44-48,50,52-55H2,1-5H3,(H-,59,62,63,64)/p+1/b20-18-,25-24-,43-41+,51-49+. The largest absolute Gasteiger partial charge is 0.472 e. The van der Waals surface area contributed by atoms with Crippen molar-refractivity contribution in [3.63, 3.8) is 0 Å². The van der Waals surface area contributed by atoms with Crippen molar-refractivity contribution in [3.8, 4) is 0 Å². The summed E-state index contributed by atoms with van der Waals surface area (Å²) in [5, 5.41) is 13.9. The second kappa shape index (κ2) is 49.4. The molecule has 3 atom stereocenters. The first-order valence-corrected chi connectivity index (χ1v) is 30.0. The van der Waals surface area contributed by atoms with E-state index < -0.39 is 20.0 Å². The molecular weight excluding hydrogens is 852 g/mol. The molecule has 394 valence electrons. The molecule has 67 heavy (non-hydrogen) atoms. The second-order valence-electron chi connectivity index (χ2n) is 20.7. The van der Waals surface area contributed by atoms with Crippen LogP contribution < -0.4 is 5.32 Å². The number of likely N-dealkylation sites (N-methyl/N-ethyl adjacent to an activating group) is 1. The fourth-order valence-electron chi connectivity index (χ4n) is 8.27. The van der Waals surface area contributed by atoms with Gasteiger partial charge >= 0.3 is 7.82 Å². The van der Waals surface area contributed by atoms with E-state index in [1.807, 2.05) is 27.2 Å². The number of aliphatic hydroxyl groups excluding tert-OH is 1. The molecule has 0 aromatic heterocycles. The third-order valence-electron chi connectivity index (χ3n) is 12.8. The topological polar surface area (TPSA) is 105 Å². The van der Waals surface area contributed by atoms with Crippen LogP contribution in [0.1, 0.15) is 264 Å². The molecule has 0 heterocycles. The number of phosphoric acid groups is 1. The SMILES string of the molecule is CCCCCCC/C=C\C/C=C\CCCCCCCCCCCCCCCCCCCC(=O)NC(COP(=O)(O)OCC[N+](C)(C)C)C(O)/C=C/CC/C=C/CCCCCCCCCCCC. The minimum Gasteiger partial charge on any atom is -0.387 e. The lowest BCUT2D eigenvalue weighted by Gasteiger charge is -2.25. The van der Waals surface area contributed by atoms with Crippen molar-refractivity contribution in [2.24, 2.45) is 0 Å². The lowest BCUT2D eigenvalue weighted by molar-refractivity contribution is -0.870. The number of carbonyl (C=O) groups is 1. The zero-order valence-electron chi connectivity index (χ0n) is 44.9. The van der Waals surface area contributed by atoms with E-state index in [1.165, 1.54) is 199 Å². The van der Waals surface area contributed by atoms with Gasteiger partial charge in [0, 0.05) is 6.42 Å². The summed E-state index contributed by atoms with van der Waals surface area (Å²) in [5.41, 5.74) is 0. The van der Waals surface area contributed by atoms with Gasteiger partial charge in [-0.25, -0.2) is 4.57 Å². The van der Waals surface area contributed by atoms with Crippen LogP contribution in [0.15, 0.2) is 48.6 Å². The summed E-state index contributed by atoms with van der Waals surface area (Å²) in [6.45, 7) is 4.80. The maximum absolute atomic E-state index is 13.0. The smallest absolute Gasteiger partial charge is 0.387 e. The zero-order chi connectivity index (χ0) is 49.2. The molecule has 0 aliphatic carbocycles. The van der Waals surface area contributed by atoms with Crippen LogP contribution in [0.25, 0.3) is 0 Å². The van der Waals surface area contributed by atoms with Crippen molar-refractivity contribution in [3.05, 3.63) is 48.6 Å². The van der Waals surface area contributed by atoms with E-state index in [9.17, 15) is 19.4 Å². The lowest BCUT2D eigenvalue weighted by atomic mass is 10.0. The number of carbonyl (C=O) groups excluding carboxylic acids is 1. The summed E-state index contributed by atoms with van der Waals surface area (Å²) in [4.78, 5) is 23.3. The first kappa shape index (κ1) is 65.5. The summed E-state index contributed by atoms with van der Waals surface area (Å²) < 4.78 is 23.7. The fourth-order valence-corrected chi connectivity index (χ4v) is 9.00. The van der Waals surface area contributed by atoms with Gasteiger partial charge in [-0.15, -0.1) is 0 Å². The number of phosphoric ester groups is 1. The van der Waals surface area contributed by atoms with Crippen LogP contribution in [0.4, 0.5) is 0 Å². The molecule has 0 radical (unpaired) electrons. The van der Waals surface area contributed by atoms with Crippen molar-refractivity contribution in [1.29, 1.82) is 0 Å². The second-order valence-corrected chi connectivity index (χ2v) is 22.1. The van der Waals surface area contributed by atoms with E-state index in [4.69, 9.17) is 9.05 Å². The van der Waals surface area contributed by atoms with Crippen LogP contribution in [-0.2, 0) is 18.4 Å². The molecule has 0 aliphatic heterocycles. The quantitative estimate of drug-likeness (QED) is 0.0243. The van der Waals surface area contributed by atoms with Crippen LogP contribution in [-0.4, -0.2) is 73.4 Å². The molecule has 0 bridgehead atoms. The van der Waals surface area contributed by atoms with Crippen LogP contribution in [0.2, 0.25) is 0 Å². The fraction of sp³-hybridized carbons (Fsp3) is 0.845. The molecule has 0 aromatic rings. The van der Waals surface area contributed by atoms with Crippen molar-refractivity contribution in [2.75, 3.05) is 40.9 Å². The number of unbranched alkanes of at least 4 members (excludes halogenated alkanes) is 33. The van der Waals surface area contributed by atoms with Crippen molar-refractivity contribution in [1.82, 2.24) is 5.32 Å². The Morgan fingerprint density at radius 3 is 1.28 bits per heavy atom. The number of allylic oxidation sites excluding steroid dienone is 7. The molecule has 0 aromatic carbocycles. The first-order valence-electron chi connectivity index (χ1n) is 28.5. The molecule has 0 aliphatic rings. The van der Waals surface area contributed by atoms with E-state index in [0.29, 0.717) is 17.4 Å². The third kappa shape index (κ3) is 52.1. The van der Waals surface area contributed by atoms with Gasteiger partial charge in [0.05, 0.1) is 39.9 Å². The number of nitrogens with zero attached hydrogens (tertiary/aromatic N) is 1. The monoisotopic (exact) mass is 964 g/mol. The summed E-state index contributed by atoms with van der Waals surface area (Å²) >= 11 is 0. The Morgan fingerprint density at radius 1 is 0.507 bits per heavy atom. The van der Waals surface area contributed by atoms with E-state index in [0.717, 1.165) is 44.9 Å². The summed E-state index contributed by atoms with van der Waals surface area (Å²) in [6.07, 6.45) is 65.0. The summed E-state index contributed by atoms with van der Waals surface area (Å²) in [5.74, 6) is -0.185. The Labute approximate surface area is 416 Å². The number of amides is 1. The minimum atomic E-state index is -4.35. The maximum Gasteiger partial charge on any atom is 0.472 e. The maximum atomic E-state index is 13.0. The van der Waals surface area contributed by atoms with Gasteiger partial charge in [0.15, 0.2) is 0 Å². The van der Waals surface area contributed by atoms with Crippen LogP contribution in [0, 0.1) is 0 Å². The molecule has 0 fully saturated rings. The van der Waals surface area contributed by atoms with E-state index >= 15 is 0 Å². The summed E-state index contributed by atoms with van der Waals surface area (Å²) in [6, 6.07) is -0.863. The number of rotatable bonds is 52. The van der Waals surface area contributed by atoms with Crippen molar-refractivity contribution >= 4 is 13.7 Å². The Balaban J connectivity index is 4.15. The zero-order valence-corrected chi connectivity index (χ0v) is 45.8. The van der Waals surface area contributed by atoms with E-state index in [1.54, 1.807) is 6.08 Å². The Hall–Kier alpha value is -1.54. The van der Waals surface area contributed by atoms with Gasteiger partial charge in [0.25, 0.3) is 0 Å². The van der Waals surface area contributed by atoms with Gasteiger partial charge in [0.2, 0.25) is 5.91 Å². The number of quaternary nitrogens is 1. The average molecular weight is 965 g/mol. The number of hydrogen-bond acceptors (Lipinski definition) is 5. The Bertz CT molecular complexity index is 1230. The highest BCUT2D eigenvalue weighted by atomic mass is 31.2. The van der Waals surface area contributed by atoms with Gasteiger partial charge < -0.3 is 19.8 Å². The molecule has 0 saturated carbocycles. The molecule has 0 rings (SSSR count). The Kier molecular flexibility index (Phi) is 48.3. The highest BCUT2D eigenvalue weighted by Gasteiger charge is 2.27. The molecule has 9 heteroatoms. The summed E-state index contributed by atoms with van der Waals surface area (Å²) in [7, 11) is 1.56. The van der Waals surface area contributed by atoms with E-state index in [2.05, 4.69) is 55.6 Å².